The standard InChI is InChI=1S/C26H34N8O/c1-4-6-16-27-23-30-24(28-17-7-5-2)32-25(31-23)29-19-14-12-18(13-15-19)26(3)33-21-11-9-8-10-20(21)22(35)34-26/h8-15,33H,4-7,16-17H2,1-3H3,(H,34,35)(H3,27,28,29,30,31,32). The van der Waals surface area contributed by atoms with Gasteiger partial charge in [0, 0.05) is 24.5 Å². The third-order valence-corrected chi connectivity index (χ3v) is 5.90. The molecule has 0 spiro atoms. The minimum atomic E-state index is -0.718. The highest BCUT2D eigenvalue weighted by atomic mass is 16.2. The molecule has 2 aromatic carbocycles. The summed E-state index contributed by atoms with van der Waals surface area (Å²) in [5.41, 5.74) is 2.52. The lowest BCUT2D eigenvalue weighted by Crippen LogP contribution is -2.52. The molecule has 5 N–H and O–H groups in total. The fourth-order valence-corrected chi connectivity index (χ4v) is 3.89. The first-order valence-corrected chi connectivity index (χ1v) is 12.3. The lowest BCUT2D eigenvalue weighted by atomic mass is 9.96. The molecule has 0 radical (unpaired) electrons. The van der Waals surface area contributed by atoms with Crippen LogP contribution in [-0.2, 0) is 5.66 Å². The number of benzene rings is 2. The lowest BCUT2D eigenvalue weighted by Gasteiger charge is -2.38. The van der Waals surface area contributed by atoms with Crippen molar-refractivity contribution >= 4 is 35.1 Å². The first-order chi connectivity index (χ1) is 17.0. The van der Waals surface area contributed by atoms with Crippen molar-refractivity contribution in [3.63, 3.8) is 0 Å². The molecule has 35 heavy (non-hydrogen) atoms. The highest BCUT2D eigenvalue weighted by Crippen LogP contribution is 2.31. The van der Waals surface area contributed by atoms with Crippen molar-refractivity contribution in [1.29, 1.82) is 0 Å². The van der Waals surface area contributed by atoms with Crippen molar-refractivity contribution < 1.29 is 4.79 Å². The van der Waals surface area contributed by atoms with E-state index in [4.69, 9.17) is 0 Å². The highest BCUT2D eigenvalue weighted by molar-refractivity contribution is 6.02. The van der Waals surface area contributed by atoms with E-state index in [0.717, 1.165) is 55.7 Å². The summed E-state index contributed by atoms with van der Waals surface area (Å²) in [6, 6.07) is 15.4. The second-order valence-corrected chi connectivity index (χ2v) is 8.82. The largest absolute Gasteiger partial charge is 0.359 e. The fraction of sp³-hybridized carbons (Fsp3) is 0.385. The highest BCUT2D eigenvalue weighted by Gasteiger charge is 2.34. The Balaban J connectivity index is 1.50. The number of rotatable bonds is 11. The first kappa shape index (κ1) is 24.3. The number of aromatic nitrogens is 3. The van der Waals surface area contributed by atoms with E-state index in [-0.39, 0.29) is 5.91 Å². The zero-order valence-electron chi connectivity index (χ0n) is 20.6. The second-order valence-electron chi connectivity index (χ2n) is 8.82. The molecule has 9 heteroatoms. The molecule has 1 aliphatic rings. The summed E-state index contributed by atoms with van der Waals surface area (Å²) in [6.07, 6.45) is 4.28. The summed E-state index contributed by atoms with van der Waals surface area (Å²) < 4.78 is 0. The number of hydrogen-bond acceptors (Lipinski definition) is 8. The number of hydrogen-bond donors (Lipinski definition) is 5. The molecule has 1 amide bonds. The number of carbonyl (C=O) groups is 1. The number of amides is 1. The van der Waals surface area contributed by atoms with E-state index >= 15 is 0 Å². The molecule has 0 saturated heterocycles. The molecule has 184 valence electrons. The maximum absolute atomic E-state index is 12.6. The van der Waals surface area contributed by atoms with E-state index < -0.39 is 5.66 Å². The molecule has 1 atom stereocenters. The number of nitrogens with zero attached hydrogens (tertiary/aromatic N) is 3. The van der Waals surface area contributed by atoms with Crippen molar-refractivity contribution in [2.45, 2.75) is 52.1 Å². The number of unbranched alkanes of at least 4 members (excludes halogenated alkanes) is 2. The number of fused-ring (bicyclic) bond motifs is 1. The topological polar surface area (TPSA) is 116 Å². The maximum atomic E-state index is 12.6. The summed E-state index contributed by atoms with van der Waals surface area (Å²) in [7, 11) is 0. The number of para-hydroxylation sites is 1. The van der Waals surface area contributed by atoms with Gasteiger partial charge in [-0.2, -0.15) is 15.0 Å². The van der Waals surface area contributed by atoms with E-state index in [1.165, 1.54) is 0 Å². The van der Waals surface area contributed by atoms with Crippen LogP contribution in [0.25, 0.3) is 0 Å². The zero-order valence-corrected chi connectivity index (χ0v) is 20.6. The van der Waals surface area contributed by atoms with Crippen LogP contribution in [0.3, 0.4) is 0 Å². The van der Waals surface area contributed by atoms with Crippen molar-refractivity contribution in [2.75, 3.05) is 34.4 Å². The number of anilines is 5. The summed E-state index contributed by atoms with van der Waals surface area (Å²) in [6.45, 7) is 7.87. The molecule has 0 saturated carbocycles. The summed E-state index contributed by atoms with van der Waals surface area (Å²) in [4.78, 5) is 26.2. The van der Waals surface area contributed by atoms with Gasteiger partial charge in [-0.15, -0.1) is 0 Å². The van der Waals surface area contributed by atoms with Gasteiger partial charge in [0.15, 0.2) is 0 Å². The average molecular weight is 475 g/mol. The normalized spacial score (nSPS) is 16.6. The Morgan fingerprint density at radius 1 is 0.800 bits per heavy atom. The van der Waals surface area contributed by atoms with E-state index in [2.05, 4.69) is 55.4 Å². The zero-order chi connectivity index (χ0) is 24.7. The van der Waals surface area contributed by atoms with Crippen LogP contribution < -0.4 is 26.6 Å². The van der Waals surface area contributed by atoms with Crippen molar-refractivity contribution in [3.8, 4) is 0 Å². The molecule has 0 bridgehead atoms. The Morgan fingerprint density at radius 2 is 1.40 bits per heavy atom. The van der Waals surface area contributed by atoms with E-state index in [0.29, 0.717) is 23.4 Å². The van der Waals surface area contributed by atoms with Crippen LogP contribution in [0, 0.1) is 0 Å². The molecule has 9 nitrogen and oxygen atoms in total. The van der Waals surface area contributed by atoms with Crippen LogP contribution >= 0.6 is 0 Å². The van der Waals surface area contributed by atoms with Gasteiger partial charge in [0.2, 0.25) is 17.8 Å². The first-order valence-electron chi connectivity index (χ1n) is 12.3. The van der Waals surface area contributed by atoms with Gasteiger partial charge in [-0.1, -0.05) is 51.0 Å². The number of nitrogens with one attached hydrogen (secondary N) is 5. The molecular formula is C26H34N8O. The van der Waals surface area contributed by atoms with Crippen molar-refractivity contribution in [3.05, 3.63) is 59.7 Å². The summed E-state index contributed by atoms with van der Waals surface area (Å²) in [5, 5.41) is 16.4. The molecule has 1 aromatic heterocycles. The molecule has 4 rings (SSSR count). The SMILES string of the molecule is CCCCNc1nc(NCCCC)nc(Nc2ccc(C3(C)NC(=O)c4ccccc4N3)cc2)n1. The lowest BCUT2D eigenvalue weighted by molar-refractivity contribution is 0.0906. The second kappa shape index (κ2) is 11.0. The van der Waals surface area contributed by atoms with Gasteiger partial charge in [0.05, 0.1) is 5.56 Å². The Morgan fingerprint density at radius 3 is 2.03 bits per heavy atom. The quantitative estimate of drug-likeness (QED) is 0.245. The van der Waals surface area contributed by atoms with Gasteiger partial charge in [-0.3, -0.25) is 4.79 Å². The van der Waals surface area contributed by atoms with Gasteiger partial charge < -0.3 is 26.6 Å². The Kier molecular flexibility index (Phi) is 7.64. The molecular weight excluding hydrogens is 440 g/mol. The molecule has 0 aliphatic carbocycles. The Labute approximate surface area is 206 Å². The molecule has 3 aromatic rings. The van der Waals surface area contributed by atoms with E-state index in [9.17, 15) is 4.79 Å². The van der Waals surface area contributed by atoms with Gasteiger partial charge in [0.25, 0.3) is 5.91 Å². The molecule has 2 heterocycles. The van der Waals surface area contributed by atoms with Crippen LogP contribution in [0.5, 0.6) is 0 Å². The smallest absolute Gasteiger partial charge is 0.255 e. The number of carbonyl (C=O) groups excluding carboxylic acids is 1. The monoisotopic (exact) mass is 474 g/mol. The molecule has 1 aliphatic heterocycles. The summed E-state index contributed by atoms with van der Waals surface area (Å²) >= 11 is 0. The van der Waals surface area contributed by atoms with Gasteiger partial charge in [-0.05, 0) is 49.6 Å². The van der Waals surface area contributed by atoms with Crippen LogP contribution in [0.15, 0.2) is 48.5 Å². The third-order valence-electron chi connectivity index (χ3n) is 5.90. The van der Waals surface area contributed by atoms with Crippen LogP contribution in [-0.4, -0.2) is 33.9 Å². The van der Waals surface area contributed by atoms with Gasteiger partial charge in [-0.25, -0.2) is 0 Å². The average Bonchev–Trinajstić information content (AvgIpc) is 2.85. The fourth-order valence-electron chi connectivity index (χ4n) is 3.89. The minimum absolute atomic E-state index is 0.0968. The summed E-state index contributed by atoms with van der Waals surface area (Å²) in [5.74, 6) is 1.47. The van der Waals surface area contributed by atoms with Gasteiger partial charge >= 0.3 is 0 Å². The van der Waals surface area contributed by atoms with Crippen LogP contribution in [0.2, 0.25) is 0 Å². The predicted octanol–water partition coefficient (Wildman–Crippen LogP) is 5.07. The van der Waals surface area contributed by atoms with Crippen LogP contribution in [0.1, 0.15) is 62.4 Å². The van der Waals surface area contributed by atoms with Crippen LogP contribution in [0.4, 0.5) is 29.2 Å². The van der Waals surface area contributed by atoms with Gasteiger partial charge in [0.1, 0.15) is 5.66 Å². The van der Waals surface area contributed by atoms with Crippen molar-refractivity contribution in [2.24, 2.45) is 0 Å². The van der Waals surface area contributed by atoms with E-state index in [1.807, 2.05) is 55.5 Å². The predicted molar refractivity (Wildman–Crippen MR) is 141 cm³/mol. The maximum Gasteiger partial charge on any atom is 0.255 e. The van der Waals surface area contributed by atoms with Crippen molar-refractivity contribution in [1.82, 2.24) is 20.3 Å². The molecule has 1 unspecified atom stereocenters. The molecule has 0 fully saturated rings. The van der Waals surface area contributed by atoms with E-state index in [1.54, 1.807) is 0 Å². The third kappa shape index (κ3) is 5.98. The Bertz CT molecular complexity index is 1120. The minimum Gasteiger partial charge on any atom is -0.359 e. The Hall–Kier alpha value is -3.88.